The summed E-state index contributed by atoms with van der Waals surface area (Å²) in [6.07, 6.45) is 1.38. The zero-order valence-electron chi connectivity index (χ0n) is 20.1. The highest BCUT2D eigenvalue weighted by Gasteiger charge is 2.29. The molecule has 0 radical (unpaired) electrons. The molecule has 0 spiro atoms. The van der Waals surface area contributed by atoms with Crippen LogP contribution in [-0.2, 0) is 29.0 Å². The van der Waals surface area contributed by atoms with Gasteiger partial charge in [0.25, 0.3) is 0 Å². The summed E-state index contributed by atoms with van der Waals surface area (Å²) in [5.74, 6) is 0.230. The fourth-order valence-corrected chi connectivity index (χ4v) is 4.23. The smallest absolute Gasteiger partial charge is 0.242 e. The van der Waals surface area contributed by atoms with Crippen molar-refractivity contribution in [2.24, 2.45) is 0 Å². The number of rotatable bonds is 10. The second-order valence-electron chi connectivity index (χ2n) is 8.87. The van der Waals surface area contributed by atoms with E-state index in [1.54, 1.807) is 18.0 Å². The number of carbonyl (C=O) groups excluding carboxylic acids is 2. The highest BCUT2D eigenvalue weighted by atomic mass is 35.5. The van der Waals surface area contributed by atoms with Crippen molar-refractivity contribution < 1.29 is 9.59 Å². The van der Waals surface area contributed by atoms with Gasteiger partial charge in [-0.05, 0) is 46.7 Å². The van der Waals surface area contributed by atoms with E-state index in [2.05, 4.69) is 43.4 Å². The van der Waals surface area contributed by atoms with Gasteiger partial charge < -0.3 is 10.2 Å². The van der Waals surface area contributed by atoms with Crippen LogP contribution in [0.25, 0.3) is 0 Å². The Morgan fingerprint density at radius 1 is 0.882 bits per heavy atom. The lowest BCUT2D eigenvalue weighted by atomic mass is 9.99. The Morgan fingerprint density at radius 3 is 2.18 bits per heavy atom. The predicted molar refractivity (Wildman–Crippen MR) is 139 cm³/mol. The molecule has 0 fully saturated rings. The topological polar surface area (TPSA) is 49.4 Å². The maximum Gasteiger partial charge on any atom is 0.242 e. The largest absolute Gasteiger partial charge is 0.357 e. The van der Waals surface area contributed by atoms with Crippen molar-refractivity contribution in [1.82, 2.24) is 10.2 Å². The molecule has 3 aromatic rings. The minimum absolute atomic E-state index is 0.0579. The van der Waals surface area contributed by atoms with E-state index in [1.807, 2.05) is 48.5 Å². The molecular formula is C29H33ClN2O2. The summed E-state index contributed by atoms with van der Waals surface area (Å²) in [6, 6.07) is 25.0. The minimum Gasteiger partial charge on any atom is -0.357 e. The van der Waals surface area contributed by atoms with Gasteiger partial charge in [-0.25, -0.2) is 0 Å². The number of hydrogen-bond acceptors (Lipinski definition) is 2. The lowest BCUT2D eigenvalue weighted by molar-refractivity contribution is -0.141. The number of amides is 2. The normalized spacial score (nSPS) is 11.8. The Hall–Kier alpha value is -3.11. The van der Waals surface area contributed by atoms with E-state index in [0.29, 0.717) is 36.7 Å². The third-order valence-corrected chi connectivity index (χ3v) is 6.27. The first kappa shape index (κ1) is 25.5. The second kappa shape index (κ2) is 12.4. The molecule has 0 bridgehead atoms. The van der Waals surface area contributed by atoms with Crippen LogP contribution in [0.4, 0.5) is 0 Å². The number of aryl methyl sites for hydroxylation is 1. The van der Waals surface area contributed by atoms with Crippen molar-refractivity contribution >= 4 is 23.4 Å². The Bertz CT molecular complexity index is 1080. The molecule has 0 aliphatic heterocycles. The van der Waals surface area contributed by atoms with E-state index in [1.165, 1.54) is 5.56 Å². The van der Waals surface area contributed by atoms with E-state index < -0.39 is 6.04 Å². The van der Waals surface area contributed by atoms with Crippen LogP contribution < -0.4 is 5.32 Å². The molecule has 0 aliphatic rings. The van der Waals surface area contributed by atoms with Gasteiger partial charge in [-0.2, -0.15) is 0 Å². The van der Waals surface area contributed by atoms with Crippen LogP contribution in [0.3, 0.4) is 0 Å². The molecule has 4 nitrogen and oxygen atoms in total. The molecule has 3 rings (SSSR count). The molecule has 1 unspecified atom stereocenters. The average molecular weight is 477 g/mol. The van der Waals surface area contributed by atoms with Crippen LogP contribution >= 0.6 is 11.6 Å². The number of likely N-dealkylation sites (N-methyl/N-ethyl adjacent to an activating group) is 1. The molecule has 0 heterocycles. The molecule has 0 aliphatic carbocycles. The number of carbonyl (C=O) groups is 2. The number of nitrogens with zero attached hydrogens (tertiary/aromatic N) is 1. The molecular weight excluding hydrogens is 444 g/mol. The SMILES string of the molecule is CNC(=O)C(Cc1ccccc1)N(Cc1cccc(Cl)c1)C(=O)CCc1ccc(C(C)C)cc1. The minimum atomic E-state index is -0.623. The Labute approximate surface area is 207 Å². The lowest BCUT2D eigenvalue weighted by Crippen LogP contribution is -2.49. The first-order valence-corrected chi connectivity index (χ1v) is 12.1. The lowest BCUT2D eigenvalue weighted by Gasteiger charge is -2.31. The standard InChI is InChI=1S/C29H33ClN2O2/c1-21(2)25-15-12-22(13-16-25)14-17-28(33)32(20-24-10-7-11-26(30)18-24)27(29(34)31-3)19-23-8-5-4-6-9-23/h4-13,15-16,18,21,27H,14,17,19-20H2,1-3H3,(H,31,34). The summed E-state index contributed by atoms with van der Waals surface area (Å²) in [6.45, 7) is 4.65. The summed E-state index contributed by atoms with van der Waals surface area (Å²) >= 11 is 6.20. The van der Waals surface area contributed by atoms with Gasteiger partial charge >= 0.3 is 0 Å². The summed E-state index contributed by atoms with van der Waals surface area (Å²) < 4.78 is 0. The van der Waals surface area contributed by atoms with Crippen LogP contribution in [-0.4, -0.2) is 29.8 Å². The van der Waals surface area contributed by atoms with Gasteiger partial charge in [-0.15, -0.1) is 0 Å². The van der Waals surface area contributed by atoms with E-state index in [0.717, 1.165) is 16.7 Å². The van der Waals surface area contributed by atoms with Crippen molar-refractivity contribution in [2.75, 3.05) is 7.05 Å². The first-order valence-electron chi connectivity index (χ1n) is 11.8. The van der Waals surface area contributed by atoms with Gasteiger partial charge in [0.2, 0.25) is 11.8 Å². The van der Waals surface area contributed by atoms with E-state index in [9.17, 15) is 9.59 Å². The summed E-state index contributed by atoms with van der Waals surface area (Å²) in [5.41, 5.74) is 4.29. The molecule has 3 aromatic carbocycles. The zero-order valence-corrected chi connectivity index (χ0v) is 20.9. The first-order chi connectivity index (χ1) is 16.4. The average Bonchev–Trinajstić information content (AvgIpc) is 2.85. The molecule has 5 heteroatoms. The van der Waals surface area contributed by atoms with Gasteiger partial charge in [0, 0.05) is 31.5 Å². The molecule has 0 saturated heterocycles. The number of benzene rings is 3. The van der Waals surface area contributed by atoms with Gasteiger partial charge in [-0.3, -0.25) is 9.59 Å². The molecule has 1 N–H and O–H groups in total. The van der Waals surface area contributed by atoms with E-state index >= 15 is 0 Å². The Balaban J connectivity index is 1.84. The van der Waals surface area contributed by atoms with Crippen molar-refractivity contribution in [3.8, 4) is 0 Å². The number of hydrogen-bond donors (Lipinski definition) is 1. The molecule has 178 valence electrons. The van der Waals surface area contributed by atoms with Crippen molar-refractivity contribution in [1.29, 1.82) is 0 Å². The number of halogens is 1. The zero-order chi connectivity index (χ0) is 24.5. The molecule has 0 saturated carbocycles. The summed E-state index contributed by atoms with van der Waals surface area (Å²) in [5, 5.41) is 3.36. The summed E-state index contributed by atoms with van der Waals surface area (Å²) in [7, 11) is 1.61. The van der Waals surface area contributed by atoms with Gasteiger partial charge in [0.1, 0.15) is 6.04 Å². The van der Waals surface area contributed by atoms with Crippen molar-refractivity contribution in [3.63, 3.8) is 0 Å². The monoisotopic (exact) mass is 476 g/mol. The molecule has 34 heavy (non-hydrogen) atoms. The highest BCUT2D eigenvalue weighted by Crippen LogP contribution is 2.20. The van der Waals surface area contributed by atoms with E-state index in [-0.39, 0.29) is 11.8 Å². The van der Waals surface area contributed by atoms with Gasteiger partial charge in [-0.1, -0.05) is 92.2 Å². The quantitative estimate of drug-likeness (QED) is 0.403. The van der Waals surface area contributed by atoms with Crippen LogP contribution in [0.2, 0.25) is 5.02 Å². The Kier molecular flexibility index (Phi) is 9.29. The summed E-state index contributed by atoms with van der Waals surface area (Å²) in [4.78, 5) is 28.2. The third kappa shape index (κ3) is 7.19. The van der Waals surface area contributed by atoms with E-state index in [4.69, 9.17) is 11.6 Å². The Morgan fingerprint density at radius 2 is 1.56 bits per heavy atom. The van der Waals surface area contributed by atoms with Crippen LogP contribution in [0.5, 0.6) is 0 Å². The molecule has 1 atom stereocenters. The molecule has 0 aromatic heterocycles. The van der Waals surface area contributed by atoms with Crippen LogP contribution in [0, 0.1) is 0 Å². The van der Waals surface area contributed by atoms with Gasteiger partial charge in [0.15, 0.2) is 0 Å². The second-order valence-corrected chi connectivity index (χ2v) is 9.30. The highest BCUT2D eigenvalue weighted by molar-refractivity contribution is 6.30. The van der Waals surface area contributed by atoms with Crippen LogP contribution in [0.15, 0.2) is 78.9 Å². The van der Waals surface area contributed by atoms with Gasteiger partial charge in [0.05, 0.1) is 0 Å². The van der Waals surface area contributed by atoms with Crippen molar-refractivity contribution in [3.05, 3.63) is 106 Å². The van der Waals surface area contributed by atoms with Crippen molar-refractivity contribution in [2.45, 2.75) is 51.6 Å². The van der Waals surface area contributed by atoms with Crippen LogP contribution in [0.1, 0.15) is 48.4 Å². The maximum absolute atomic E-state index is 13.5. The third-order valence-electron chi connectivity index (χ3n) is 6.03. The molecule has 2 amide bonds. The predicted octanol–water partition coefficient (Wildman–Crippen LogP) is 5.78. The maximum atomic E-state index is 13.5. The fraction of sp³-hybridized carbons (Fsp3) is 0.310. The number of nitrogens with one attached hydrogen (secondary N) is 1. The fourth-order valence-electron chi connectivity index (χ4n) is 4.02.